The summed E-state index contributed by atoms with van der Waals surface area (Å²) in [7, 11) is 4.04. The van der Waals surface area contributed by atoms with Crippen LogP contribution in [0.1, 0.15) is 31.2 Å². The Bertz CT molecular complexity index is 1340. The normalized spacial score (nSPS) is 22.8. The smallest absolute Gasteiger partial charge is 0.187 e. The highest BCUT2D eigenvalue weighted by atomic mass is 32.1. The largest absolute Gasteiger partial charge is 0.348 e. The molecule has 6 rings (SSSR count). The summed E-state index contributed by atoms with van der Waals surface area (Å²) >= 11 is 1.65. The van der Waals surface area contributed by atoms with Crippen molar-refractivity contribution in [2.45, 2.75) is 43.8 Å². The molecule has 8 heteroatoms. The van der Waals surface area contributed by atoms with E-state index in [2.05, 4.69) is 34.5 Å². The Kier molecular flexibility index (Phi) is 4.23. The molecule has 1 aromatic carbocycles. The number of rotatable bonds is 3. The van der Waals surface area contributed by atoms with E-state index in [4.69, 9.17) is 9.97 Å². The maximum absolute atomic E-state index is 9.58. The van der Waals surface area contributed by atoms with Crippen molar-refractivity contribution in [1.82, 2.24) is 25.1 Å². The van der Waals surface area contributed by atoms with Gasteiger partial charge in [-0.3, -0.25) is 4.68 Å². The molecule has 156 valence electrons. The first-order chi connectivity index (χ1) is 15.1. The Morgan fingerprint density at radius 3 is 2.77 bits per heavy atom. The van der Waals surface area contributed by atoms with Crippen LogP contribution in [0.15, 0.2) is 30.5 Å². The Hall–Kier alpha value is -3.02. The SMILES string of the molecule is CN(c1nc2ccc(-c3cc(C#N)c4nn(C)cc4c3)nc2s1)C1C[C@H]2CC[C@@H](C1)N2. The minimum atomic E-state index is 0.532. The van der Waals surface area contributed by atoms with Crippen LogP contribution in [0.4, 0.5) is 5.13 Å². The summed E-state index contributed by atoms with van der Waals surface area (Å²) in [5.41, 5.74) is 4.01. The van der Waals surface area contributed by atoms with Gasteiger partial charge in [0.1, 0.15) is 21.9 Å². The van der Waals surface area contributed by atoms with Gasteiger partial charge in [-0.15, -0.1) is 0 Å². The molecule has 3 aromatic heterocycles. The van der Waals surface area contributed by atoms with Gasteiger partial charge in [-0.05, 0) is 49.9 Å². The maximum atomic E-state index is 9.58. The van der Waals surface area contributed by atoms with Gasteiger partial charge in [-0.1, -0.05) is 11.3 Å². The third-order valence-corrected chi connectivity index (χ3v) is 7.74. The van der Waals surface area contributed by atoms with Gasteiger partial charge in [-0.2, -0.15) is 10.4 Å². The molecule has 0 radical (unpaired) electrons. The topological polar surface area (TPSA) is 82.7 Å². The number of fused-ring (bicyclic) bond motifs is 4. The number of pyridine rings is 1. The average molecular weight is 430 g/mol. The van der Waals surface area contributed by atoms with Crippen molar-refractivity contribution in [3.05, 3.63) is 36.0 Å². The molecule has 0 spiro atoms. The lowest BCUT2D eigenvalue weighted by atomic mass is 9.99. The third kappa shape index (κ3) is 3.16. The number of hydrogen-bond donors (Lipinski definition) is 1. The van der Waals surface area contributed by atoms with Crippen molar-refractivity contribution in [2.75, 3.05) is 11.9 Å². The maximum Gasteiger partial charge on any atom is 0.187 e. The van der Waals surface area contributed by atoms with Crippen molar-refractivity contribution in [3.63, 3.8) is 0 Å². The predicted octanol–water partition coefficient (Wildman–Crippen LogP) is 3.84. The highest BCUT2D eigenvalue weighted by molar-refractivity contribution is 7.21. The van der Waals surface area contributed by atoms with Crippen LogP contribution < -0.4 is 10.2 Å². The summed E-state index contributed by atoms with van der Waals surface area (Å²) in [6.07, 6.45) is 6.90. The minimum Gasteiger partial charge on any atom is -0.348 e. The van der Waals surface area contributed by atoms with Crippen molar-refractivity contribution in [3.8, 4) is 17.3 Å². The van der Waals surface area contributed by atoms with Crippen LogP contribution >= 0.6 is 11.3 Å². The molecule has 31 heavy (non-hydrogen) atoms. The summed E-state index contributed by atoms with van der Waals surface area (Å²) in [6, 6.07) is 12.1. The molecule has 0 amide bonds. The molecular formula is C23H23N7S. The summed E-state index contributed by atoms with van der Waals surface area (Å²) < 4.78 is 1.74. The molecule has 5 heterocycles. The van der Waals surface area contributed by atoms with Crippen molar-refractivity contribution >= 4 is 37.7 Å². The van der Waals surface area contributed by atoms with E-state index in [0.29, 0.717) is 23.7 Å². The van der Waals surface area contributed by atoms with E-state index in [1.807, 2.05) is 31.4 Å². The molecule has 1 N–H and O–H groups in total. The zero-order valence-electron chi connectivity index (χ0n) is 17.5. The summed E-state index contributed by atoms with van der Waals surface area (Å²) in [5, 5.41) is 19.7. The number of aromatic nitrogens is 4. The molecule has 3 atom stereocenters. The second-order valence-electron chi connectivity index (χ2n) is 8.77. The van der Waals surface area contributed by atoms with E-state index in [1.165, 1.54) is 25.7 Å². The fraction of sp³-hybridized carbons (Fsp3) is 0.391. The van der Waals surface area contributed by atoms with Crippen LogP contribution in [-0.2, 0) is 7.05 Å². The fourth-order valence-corrected chi connectivity index (χ4v) is 6.08. The number of anilines is 1. The van der Waals surface area contributed by atoms with E-state index in [1.54, 1.807) is 16.0 Å². The number of nitriles is 1. The molecule has 0 saturated carbocycles. The standard InChI is InChI=1S/C23H23N7S/c1-29-12-15-8-13(7-14(11-24)21(15)28-29)19-5-6-20-22(26-19)31-23(27-20)30(2)18-9-16-3-4-17(10-18)25-16/h5-8,12,16-18,25H,3-4,9-10H2,1-2H3/t16-,17+,18?. The Labute approximate surface area is 184 Å². The molecule has 2 aliphatic rings. The molecule has 2 aliphatic heterocycles. The summed E-state index contributed by atoms with van der Waals surface area (Å²) in [4.78, 5) is 13.1. The van der Waals surface area contributed by atoms with Gasteiger partial charge in [0.15, 0.2) is 5.13 Å². The number of aryl methyl sites for hydroxylation is 1. The fourth-order valence-electron chi connectivity index (χ4n) is 5.10. The highest BCUT2D eigenvalue weighted by Crippen LogP contribution is 2.35. The number of hydrogen-bond acceptors (Lipinski definition) is 7. The highest BCUT2D eigenvalue weighted by Gasteiger charge is 2.35. The van der Waals surface area contributed by atoms with Gasteiger partial charge in [0.25, 0.3) is 0 Å². The van der Waals surface area contributed by atoms with E-state index >= 15 is 0 Å². The van der Waals surface area contributed by atoms with Gasteiger partial charge in [0, 0.05) is 49.4 Å². The molecule has 7 nitrogen and oxygen atoms in total. The first kappa shape index (κ1) is 18.7. The van der Waals surface area contributed by atoms with Gasteiger partial charge in [-0.25, -0.2) is 9.97 Å². The molecular weight excluding hydrogens is 406 g/mol. The third-order valence-electron chi connectivity index (χ3n) is 6.68. The molecule has 1 unspecified atom stereocenters. The summed E-state index contributed by atoms with van der Waals surface area (Å²) in [5.74, 6) is 0. The zero-order chi connectivity index (χ0) is 21.1. The lowest BCUT2D eigenvalue weighted by Gasteiger charge is -2.35. The van der Waals surface area contributed by atoms with E-state index in [9.17, 15) is 5.26 Å². The van der Waals surface area contributed by atoms with Gasteiger partial charge in [0.2, 0.25) is 0 Å². The predicted molar refractivity (Wildman–Crippen MR) is 123 cm³/mol. The number of piperidine rings is 1. The first-order valence-corrected chi connectivity index (χ1v) is 11.5. The second kappa shape index (κ2) is 7.01. The van der Waals surface area contributed by atoms with Gasteiger partial charge in [0.05, 0.1) is 11.3 Å². The van der Waals surface area contributed by atoms with Crippen molar-refractivity contribution in [2.24, 2.45) is 7.05 Å². The molecule has 0 aliphatic carbocycles. The van der Waals surface area contributed by atoms with Crippen LogP contribution in [0, 0.1) is 11.3 Å². The van der Waals surface area contributed by atoms with Crippen molar-refractivity contribution in [1.29, 1.82) is 5.26 Å². The quantitative estimate of drug-likeness (QED) is 0.533. The van der Waals surface area contributed by atoms with E-state index < -0.39 is 0 Å². The molecule has 2 saturated heterocycles. The Morgan fingerprint density at radius 1 is 1.19 bits per heavy atom. The van der Waals surface area contributed by atoms with Crippen LogP contribution in [0.3, 0.4) is 0 Å². The van der Waals surface area contributed by atoms with Crippen LogP contribution in [0.2, 0.25) is 0 Å². The van der Waals surface area contributed by atoms with Crippen molar-refractivity contribution < 1.29 is 0 Å². The monoisotopic (exact) mass is 429 g/mol. The first-order valence-electron chi connectivity index (χ1n) is 10.7. The zero-order valence-corrected chi connectivity index (χ0v) is 18.4. The summed E-state index contributed by atoms with van der Waals surface area (Å²) in [6.45, 7) is 0. The van der Waals surface area contributed by atoms with E-state index in [-0.39, 0.29) is 0 Å². The van der Waals surface area contributed by atoms with Gasteiger partial charge >= 0.3 is 0 Å². The average Bonchev–Trinajstić information content (AvgIpc) is 3.46. The van der Waals surface area contributed by atoms with Crippen LogP contribution in [-0.4, -0.2) is 44.9 Å². The number of benzene rings is 1. The van der Waals surface area contributed by atoms with Crippen LogP contribution in [0.25, 0.3) is 32.5 Å². The molecule has 4 aromatic rings. The van der Waals surface area contributed by atoms with Crippen LogP contribution in [0.5, 0.6) is 0 Å². The Morgan fingerprint density at radius 2 is 2.00 bits per heavy atom. The number of nitrogens with one attached hydrogen (secondary N) is 1. The second-order valence-corrected chi connectivity index (χ2v) is 9.72. The Balaban J connectivity index is 1.35. The van der Waals surface area contributed by atoms with E-state index in [0.717, 1.165) is 37.6 Å². The lowest BCUT2D eigenvalue weighted by molar-refractivity contribution is 0.354. The molecule has 2 bridgehead atoms. The lowest BCUT2D eigenvalue weighted by Crippen LogP contribution is -2.47. The minimum absolute atomic E-state index is 0.532. The number of nitrogens with zero attached hydrogens (tertiary/aromatic N) is 6. The van der Waals surface area contributed by atoms with Gasteiger partial charge < -0.3 is 10.2 Å². The molecule has 2 fully saturated rings. The number of thiazole rings is 1.